The van der Waals surface area contributed by atoms with E-state index in [-0.39, 0.29) is 11.3 Å². The Hall–Kier alpha value is -2.90. The summed E-state index contributed by atoms with van der Waals surface area (Å²) in [6, 6.07) is 6.95. The average Bonchev–Trinajstić information content (AvgIpc) is 2.46. The van der Waals surface area contributed by atoms with Crippen LogP contribution in [-0.2, 0) is 6.18 Å². The van der Waals surface area contributed by atoms with Gasteiger partial charge >= 0.3 is 6.18 Å². The van der Waals surface area contributed by atoms with Crippen molar-refractivity contribution < 1.29 is 27.2 Å². The average molecular weight is 326 g/mol. The summed E-state index contributed by atoms with van der Waals surface area (Å²) in [5.41, 5.74) is 3.37. The van der Waals surface area contributed by atoms with Gasteiger partial charge < -0.3 is 11.1 Å². The first-order valence-electron chi connectivity index (χ1n) is 6.26. The van der Waals surface area contributed by atoms with Crippen LogP contribution in [0, 0.1) is 5.82 Å². The third-order valence-electron chi connectivity index (χ3n) is 2.94. The molecule has 0 aliphatic heterocycles. The predicted molar refractivity (Wildman–Crippen MR) is 74.3 cm³/mol. The third kappa shape index (κ3) is 3.85. The maximum Gasteiger partial charge on any atom is 0.416 e. The molecule has 0 aromatic heterocycles. The van der Waals surface area contributed by atoms with Crippen molar-refractivity contribution in [2.24, 2.45) is 5.73 Å². The summed E-state index contributed by atoms with van der Waals surface area (Å²) in [6.07, 6.45) is -4.70. The van der Waals surface area contributed by atoms with Gasteiger partial charge in [-0.3, -0.25) is 9.59 Å². The Morgan fingerprint density at radius 3 is 2.35 bits per heavy atom. The largest absolute Gasteiger partial charge is 0.416 e. The monoisotopic (exact) mass is 326 g/mol. The number of hydrogen-bond donors (Lipinski definition) is 2. The highest BCUT2D eigenvalue weighted by atomic mass is 19.4. The lowest BCUT2D eigenvalue weighted by atomic mass is 10.1. The molecule has 120 valence electrons. The molecule has 8 heteroatoms. The van der Waals surface area contributed by atoms with Crippen LogP contribution in [0.4, 0.5) is 23.2 Å². The predicted octanol–water partition coefficient (Wildman–Crippen LogP) is 3.20. The van der Waals surface area contributed by atoms with Gasteiger partial charge in [0.1, 0.15) is 5.82 Å². The van der Waals surface area contributed by atoms with Gasteiger partial charge in [0, 0.05) is 11.3 Å². The molecule has 0 fully saturated rings. The van der Waals surface area contributed by atoms with Gasteiger partial charge in [-0.25, -0.2) is 4.39 Å². The quantitative estimate of drug-likeness (QED) is 0.850. The zero-order valence-corrected chi connectivity index (χ0v) is 11.4. The van der Waals surface area contributed by atoms with Crippen LogP contribution in [0.25, 0.3) is 0 Å². The first-order chi connectivity index (χ1) is 10.7. The Bertz CT molecular complexity index is 772. The standard InChI is InChI=1S/C15H10F4N2O2/c16-12-5-4-9(15(17,18)19)7-11(12)14(23)21-10-3-1-2-8(6-10)13(20)22/h1-7H,(H2,20,22)(H,21,23). The molecule has 23 heavy (non-hydrogen) atoms. The van der Waals surface area contributed by atoms with Crippen molar-refractivity contribution in [3.8, 4) is 0 Å². The van der Waals surface area contributed by atoms with Gasteiger partial charge in [0.25, 0.3) is 5.91 Å². The van der Waals surface area contributed by atoms with Crippen LogP contribution in [0.3, 0.4) is 0 Å². The number of benzene rings is 2. The molecular weight excluding hydrogens is 316 g/mol. The summed E-state index contributed by atoms with van der Waals surface area (Å²) in [5, 5.41) is 2.22. The molecule has 4 nitrogen and oxygen atoms in total. The van der Waals surface area contributed by atoms with E-state index in [0.717, 1.165) is 0 Å². The Balaban J connectivity index is 2.31. The van der Waals surface area contributed by atoms with Gasteiger partial charge in [-0.05, 0) is 36.4 Å². The maximum atomic E-state index is 13.6. The summed E-state index contributed by atoms with van der Waals surface area (Å²) in [7, 11) is 0. The Kier molecular flexibility index (Phi) is 4.35. The van der Waals surface area contributed by atoms with E-state index in [1.54, 1.807) is 0 Å². The lowest BCUT2D eigenvalue weighted by Gasteiger charge is -2.10. The lowest BCUT2D eigenvalue weighted by Crippen LogP contribution is -2.17. The Morgan fingerprint density at radius 2 is 1.74 bits per heavy atom. The number of nitrogens with one attached hydrogen (secondary N) is 1. The van der Waals surface area contributed by atoms with Gasteiger partial charge in [-0.1, -0.05) is 6.07 Å². The SMILES string of the molecule is NC(=O)c1cccc(NC(=O)c2cc(C(F)(F)F)ccc2F)c1. The number of nitrogens with two attached hydrogens (primary N) is 1. The molecular formula is C15H10F4N2O2. The molecule has 0 saturated carbocycles. The van der Waals surface area contributed by atoms with Crippen molar-refractivity contribution in [3.63, 3.8) is 0 Å². The highest BCUT2D eigenvalue weighted by Crippen LogP contribution is 2.30. The number of amides is 2. The molecule has 0 saturated heterocycles. The second kappa shape index (κ2) is 6.07. The number of hydrogen-bond acceptors (Lipinski definition) is 2. The molecule has 3 N–H and O–H groups in total. The Labute approximate surface area is 127 Å². The first-order valence-corrected chi connectivity index (χ1v) is 6.26. The van der Waals surface area contributed by atoms with E-state index in [1.807, 2.05) is 0 Å². The van der Waals surface area contributed by atoms with E-state index in [9.17, 15) is 27.2 Å². The van der Waals surface area contributed by atoms with Gasteiger partial charge in [-0.2, -0.15) is 13.2 Å². The minimum Gasteiger partial charge on any atom is -0.366 e. The molecule has 0 spiro atoms. The minimum absolute atomic E-state index is 0.0901. The van der Waals surface area contributed by atoms with Gasteiger partial charge in [0.15, 0.2) is 0 Å². The highest BCUT2D eigenvalue weighted by molar-refractivity contribution is 6.05. The van der Waals surface area contributed by atoms with E-state index in [0.29, 0.717) is 18.2 Å². The highest BCUT2D eigenvalue weighted by Gasteiger charge is 2.32. The zero-order valence-electron chi connectivity index (χ0n) is 11.4. The number of alkyl halides is 3. The topological polar surface area (TPSA) is 72.2 Å². The van der Waals surface area contributed by atoms with Crippen LogP contribution >= 0.6 is 0 Å². The fourth-order valence-corrected chi connectivity index (χ4v) is 1.82. The van der Waals surface area contributed by atoms with Crippen molar-refractivity contribution in [2.45, 2.75) is 6.18 Å². The van der Waals surface area contributed by atoms with Crippen LogP contribution in [0.15, 0.2) is 42.5 Å². The van der Waals surface area contributed by atoms with Crippen LogP contribution < -0.4 is 11.1 Å². The molecule has 2 aromatic rings. The zero-order chi connectivity index (χ0) is 17.2. The molecule has 0 aliphatic carbocycles. The molecule has 0 unspecified atom stereocenters. The number of carbonyl (C=O) groups excluding carboxylic acids is 2. The molecule has 0 atom stereocenters. The van der Waals surface area contributed by atoms with Crippen LogP contribution in [0.2, 0.25) is 0 Å². The smallest absolute Gasteiger partial charge is 0.366 e. The molecule has 2 aromatic carbocycles. The molecule has 0 aliphatic rings. The fourth-order valence-electron chi connectivity index (χ4n) is 1.82. The van der Waals surface area contributed by atoms with Crippen molar-refractivity contribution in [1.82, 2.24) is 0 Å². The van der Waals surface area contributed by atoms with Gasteiger partial charge in [-0.15, -0.1) is 0 Å². The summed E-state index contributed by atoms with van der Waals surface area (Å²) in [5.74, 6) is -2.91. The van der Waals surface area contributed by atoms with Crippen molar-refractivity contribution in [2.75, 3.05) is 5.32 Å². The third-order valence-corrected chi connectivity index (χ3v) is 2.94. The molecule has 0 radical (unpaired) electrons. The maximum absolute atomic E-state index is 13.6. The normalized spacial score (nSPS) is 11.1. The number of halogens is 4. The van der Waals surface area contributed by atoms with Crippen molar-refractivity contribution >= 4 is 17.5 Å². The second-order valence-electron chi connectivity index (χ2n) is 4.59. The van der Waals surface area contributed by atoms with Crippen LogP contribution in [0.5, 0.6) is 0 Å². The van der Waals surface area contributed by atoms with Gasteiger partial charge in [0.2, 0.25) is 5.91 Å². The van der Waals surface area contributed by atoms with Crippen LogP contribution in [0.1, 0.15) is 26.3 Å². The number of anilines is 1. The second-order valence-corrected chi connectivity index (χ2v) is 4.59. The summed E-state index contributed by atoms with van der Waals surface area (Å²) >= 11 is 0. The van der Waals surface area contributed by atoms with E-state index < -0.39 is 34.9 Å². The fraction of sp³-hybridized carbons (Fsp3) is 0.0667. The van der Waals surface area contributed by atoms with Crippen molar-refractivity contribution in [3.05, 3.63) is 65.0 Å². The number of primary amides is 1. The lowest BCUT2D eigenvalue weighted by molar-refractivity contribution is -0.137. The minimum atomic E-state index is -4.70. The Morgan fingerprint density at radius 1 is 1.04 bits per heavy atom. The molecule has 2 amide bonds. The van der Waals surface area contributed by atoms with E-state index in [4.69, 9.17) is 5.73 Å². The van der Waals surface area contributed by atoms with E-state index >= 15 is 0 Å². The summed E-state index contributed by atoms with van der Waals surface area (Å²) < 4.78 is 51.5. The number of rotatable bonds is 3. The van der Waals surface area contributed by atoms with Crippen LogP contribution in [-0.4, -0.2) is 11.8 Å². The summed E-state index contributed by atoms with van der Waals surface area (Å²) in [4.78, 5) is 23.0. The number of carbonyl (C=O) groups is 2. The molecule has 2 rings (SSSR count). The van der Waals surface area contributed by atoms with Gasteiger partial charge in [0.05, 0.1) is 11.1 Å². The van der Waals surface area contributed by atoms with Crippen molar-refractivity contribution in [1.29, 1.82) is 0 Å². The van der Waals surface area contributed by atoms with E-state index in [1.165, 1.54) is 24.3 Å². The summed E-state index contributed by atoms with van der Waals surface area (Å²) in [6.45, 7) is 0. The molecule has 0 bridgehead atoms. The first kappa shape index (κ1) is 16.5. The van der Waals surface area contributed by atoms with E-state index in [2.05, 4.69) is 5.32 Å². The molecule has 0 heterocycles.